The number of aryl methyl sites for hydroxylation is 2. The zero-order valence-electron chi connectivity index (χ0n) is 15.7. The summed E-state index contributed by atoms with van der Waals surface area (Å²) >= 11 is 1.73. The van der Waals surface area contributed by atoms with Gasteiger partial charge in [-0.1, -0.05) is 47.5 Å². The molecule has 0 atom stereocenters. The number of thiazole rings is 1. The van der Waals surface area contributed by atoms with Gasteiger partial charge in [-0.2, -0.15) is 0 Å². The zero-order valence-corrected chi connectivity index (χ0v) is 16.5. The van der Waals surface area contributed by atoms with Gasteiger partial charge in [-0.15, -0.1) is 11.3 Å². The fraction of sp³-hybridized carbons (Fsp3) is 0.125. The molecule has 0 aliphatic rings. The van der Waals surface area contributed by atoms with Gasteiger partial charge in [0, 0.05) is 11.1 Å². The molecule has 0 N–H and O–H groups in total. The Morgan fingerprint density at radius 1 is 0.741 bits per heavy atom. The molecular formula is C24H21NOS. The highest BCUT2D eigenvalue weighted by Crippen LogP contribution is 2.41. The van der Waals surface area contributed by atoms with Crippen molar-refractivity contribution in [1.82, 2.24) is 4.98 Å². The Labute approximate surface area is 164 Å². The van der Waals surface area contributed by atoms with Gasteiger partial charge in [0.25, 0.3) is 0 Å². The maximum Gasteiger partial charge on any atom is 0.124 e. The Morgan fingerprint density at radius 2 is 1.41 bits per heavy atom. The highest BCUT2D eigenvalue weighted by atomic mass is 32.1. The van der Waals surface area contributed by atoms with Gasteiger partial charge in [0.1, 0.15) is 10.8 Å². The van der Waals surface area contributed by atoms with Crippen molar-refractivity contribution >= 4 is 11.3 Å². The van der Waals surface area contributed by atoms with Crippen molar-refractivity contribution < 1.29 is 4.74 Å². The summed E-state index contributed by atoms with van der Waals surface area (Å²) in [6, 6.07) is 25.2. The van der Waals surface area contributed by atoms with Gasteiger partial charge in [-0.05, 0) is 55.8 Å². The minimum absolute atomic E-state index is 0.855. The second-order valence-electron chi connectivity index (χ2n) is 6.67. The van der Waals surface area contributed by atoms with Gasteiger partial charge in [0.2, 0.25) is 0 Å². The van der Waals surface area contributed by atoms with Crippen LogP contribution in [0.3, 0.4) is 0 Å². The van der Waals surface area contributed by atoms with E-state index in [2.05, 4.69) is 68.4 Å². The fourth-order valence-corrected chi connectivity index (χ4v) is 4.37. The molecule has 4 rings (SSSR count). The van der Waals surface area contributed by atoms with E-state index in [-0.39, 0.29) is 0 Å². The molecule has 0 spiro atoms. The van der Waals surface area contributed by atoms with Gasteiger partial charge in [-0.25, -0.2) is 4.98 Å². The van der Waals surface area contributed by atoms with Crippen molar-refractivity contribution in [2.24, 2.45) is 0 Å². The first-order valence-electron chi connectivity index (χ1n) is 8.93. The Morgan fingerprint density at radius 3 is 2.04 bits per heavy atom. The Balaban J connectivity index is 1.89. The number of methoxy groups -OCH3 is 1. The summed E-state index contributed by atoms with van der Waals surface area (Å²) in [6.45, 7) is 4.27. The van der Waals surface area contributed by atoms with Gasteiger partial charge in [-0.3, -0.25) is 0 Å². The molecule has 0 bridgehead atoms. The molecule has 0 aliphatic heterocycles. The van der Waals surface area contributed by atoms with Crippen LogP contribution in [-0.2, 0) is 0 Å². The molecule has 3 heteroatoms. The Bertz CT molecular complexity index is 1050. The molecule has 1 aromatic heterocycles. The topological polar surface area (TPSA) is 22.1 Å². The van der Waals surface area contributed by atoms with Gasteiger partial charge in [0.15, 0.2) is 0 Å². The van der Waals surface area contributed by atoms with Crippen molar-refractivity contribution in [3.63, 3.8) is 0 Å². The quantitative estimate of drug-likeness (QED) is 0.395. The molecule has 1 heterocycles. The van der Waals surface area contributed by atoms with Crippen LogP contribution in [0.15, 0.2) is 72.8 Å². The van der Waals surface area contributed by atoms with E-state index in [4.69, 9.17) is 9.72 Å². The molecule has 134 valence electrons. The molecular weight excluding hydrogens is 350 g/mol. The molecule has 27 heavy (non-hydrogen) atoms. The second kappa shape index (κ2) is 7.37. The van der Waals surface area contributed by atoms with E-state index < -0.39 is 0 Å². The number of hydrogen-bond acceptors (Lipinski definition) is 3. The standard InChI is InChI=1S/C24H21NOS/c1-16-13-17(2)15-20(14-16)22-23(18-7-5-4-6-8-18)27-24(25-22)19-9-11-21(26-3)12-10-19/h4-15H,1-3H3. The summed E-state index contributed by atoms with van der Waals surface area (Å²) < 4.78 is 5.28. The summed E-state index contributed by atoms with van der Waals surface area (Å²) in [7, 11) is 1.68. The average Bonchev–Trinajstić information content (AvgIpc) is 3.13. The lowest BCUT2D eigenvalue weighted by molar-refractivity contribution is 0.415. The first-order chi connectivity index (χ1) is 13.1. The smallest absolute Gasteiger partial charge is 0.124 e. The second-order valence-corrected chi connectivity index (χ2v) is 7.67. The molecule has 3 aromatic carbocycles. The highest BCUT2D eigenvalue weighted by molar-refractivity contribution is 7.19. The summed E-state index contributed by atoms with van der Waals surface area (Å²) in [5.41, 5.74) is 7.02. The predicted octanol–water partition coefficient (Wildman–Crippen LogP) is 6.77. The number of hydrogen-bond donors (Lipinski definition) is 0. The van der Waals surface area contributed by atoms with Crippen molar-refractivity contribution in [3.05, 3.63) is 83.9 Å². The van der Waals surface area contributed by atoms with Gasteiger partial charge in [0.05, 0.1) is 17.7 Å². The summed E-state index contributed by atoms with van der Waals surface area (Å²) in [5, 5.41) is 1.02. The SMILES string of the molecule is COc1ccc(-c2nc(-c3cc(C)cc(C)c3)c(-c3ccccc3)s2)cc1. The van der Waals surface area contributed by atoms with E-state index in [1.54, 1.807) is 18.4 Å². The first kappa shape index (κ1) is 17.5. The van der Waals surface area contributed by atoms with Gasteiger partial charge >= 0.3 is 0 Å². The number of ether oxygens (including phenoxy) is 1. The zero-order chi connectivity index (χ0) is 18.8. The van der Waals surface area contributed by atoms with Crippen molar-refractivity contribution in [3.8, 4) is 38.0 Å². The number of benzene rings is 3. The maximum atomic E-state index is 5.28. The molecule has 0 aliphatic carbocycles. The summed E-state index contributed by atoms with van der Waals surface area (Å²) in [6.07, 6.45) is 0. The number of rotatable bonds is 4. The number of aromatic nitrogens is 1. The van der Waals surface area contributed by atoms with Crippen molar-refractivity contribution in [2.45, 2.75) is 13.8 Å². The van der Waals surface area contributed by atoms with Crippen LogP contribution in [0.2, 0.25) is 0 Å². The predicted molar refractivity (Wildman–Crippen MR) is 114 cm³/mol. The minimum Gasteiger partial charge on any atom is -0.497 e. The third-order valence-electron chi connectivity index (χ3n) is 4.50. The molecule has 0 radical (unpaired) electrons. The molecule has 0 fully saturated rings. The molecule has 0 amide bonds. The van der Waals surface area contributed by atoms with Crippen LogP contribution in [-0.4, -0.2) is 12.1 Å². The van der Waals surface area contributed by atoms with E-state index >= 15 is 0 Å². The highest BCUT2D eigenvalue weighted by Gasteiger charge is 2.16. The molecule has 4 aromatic rings. The van der Waals surface area contributed by atoms with Crippen LogP contribution < -0.4 is 4.74 Å². The van der Waals surface area contributed by atoms with Crippen molar-refractivity contribution in [1.29, 1.82) is 0 Å². The van der Waals surface area contributed by atoms with E-state index in [0.717, 1.165) is 22.0 Å². The van der Waals surface area contributed by atoms with Crippen LogP contribution in [0, 0.1) is 13.8 Å². The lowest BCUT2D eigenvalue weighted by Crippen LogP contribution is -1.86. The third-order valence-corrected chi connectivity index (χ3v) is 5.65. The average molecular weight is 372 g/mol. The molecule has 0 saturated carbocycles. The summed E-state index contributed by atoms with van der Waals surface area (Å²) in [4.78, 5) is 6.24. The van der Waals surface area contributed by atoms with Crippen LogP contribution >= 0.6 is 11.3 Å². The molecule has 2 nitrogen and oxygen atoms in total. The third kappa shape index (κ3) is 3.64. The lowest BCUT2D eigenvalue weighted by Gasteiger charge is -2.05. The minimum atomic E-state index is 0.855. The largest absolute Gasteiger partial charge is 0.497 e. The van der Waals surface area contributed by atoms with E-state index in [1.807, 2.05) is 18.2 Å². The van der Waals surface area contributed by atoms with Crippen LogP contribution in [0.5, 0.6) is 5.75 Å². The Kier molecular flexibility index (Phi) is 4.78. The monoisotopic (exact) mass is 371 g/mol. The van der Waals surface area contributed by atoms with E-state index in [0.29, 0.717) is 0 Å². The normalized spacial score (nSPS) is 10.8. The van der Waals surface area contributed by atoms with Crippen molar-refractivity contribution in [2.75, 3.05) is 7.11 Å². The lowest BCUT2D eigenvalue weighted by atomic mass is 10.0. The molecule has 0 unspecified atom stereocenters. The summed E-state index contributed by atoms with van der Waals surface area (Å²) in [5.74, 6) is 0.855. The van der Waals surface area contributed by atoms with Crippen LogP contribution in [0.4, 0.5) is 0 Å². The number of nitrogens with zero attached hydrogens (tertiary/aromatic N) is 1. The van der Waals surface area contributed by atoms with Gasteiger partial charge < -0.3 is 4.74 Å². The Hall–Kier alpha value is -2.91. The van der Waals surface area contributed by atoms with Crippen LogP contribution in [0.1, 0.15) is 11.1 Å². The maximum absolute atomic E-state index is 5.28. The van der Waals surface area contributed by atoms with Crippen LogP contribution in [0.25, 0.3) is 32.3 Å². The van der Waals surface area contributed by atoms with E-state index in [9.17, 15) is 0 Å². The van der Waals surface area contributed by atoms with E-state index in [1.165, 1.54) is 27.1 Å². The molecule has 0 saturated heterocycles. The fourth-order valence-electron chi connectivity index (χ4n) is 3.27. The first-order valence-corrected chi connectivity index (χ1v) is 9.75.